The number of carbonyl (C=O) groups is 1. The maximum absolute atomic E-state index is 11.7. The molecule has 0 aliphatic heterocycles. The fourth-order valence-corrected chi connectivity index (χ4v) is 1.56. The smallest absolute Gasteiger partial charge is 0.343 e. The number of aromatic nitrogens is 1. The fourth-order valence-electron chi connectivity index (χ4n) is 1.25. The van der Waals surface area contributed by atoms with E-state index in [1.807, 2.05) is 0 Å². The Kier molecular flexibility index (Phi) is 3.39. The van der Waals surface area contributed by atoms with Crippen molar-refractivity contribution < 1.29 is 9.53 Å². The quantitative estimate of drug-likeness (QED) is 0.865. The lowest BCUT2D eigenvalue weighted by Gasteiger charge is -2.05. The molecule has 0 fully saturated rings. The minimum absolute atomic E-state index is 0.197. The van der Waals surface area contributed by atoms with Crippen molar-refractivity contribution in [2.45, 2.75) is 0 Å². The molecule has 0 aliphatic rings. The van der Waals surface area contributed by atoms with E-state index in [0.717, 1.165) is 0 Å². The van der Waals surface area contributed by atoms with Gasteiger partial charge in [0, 0.05) is 12.3 Å². The topological polar surface area (TPSA) is 59.2 Å². The number of carbonyl (C=O) groups excluding carboxylic acids is 1. The Bertz CT molecular complexity index is 592. The van der Waals surface area contributed by atoms with Crippen LogP contribution in [0.15, 0.2) is 51.9 Å². The van der Waals surface area contributed by atoms with Crippen LogP contribution in [0, 0.1) is 0 Å². The third-order valence-electron chi connectivity index (χ3n) is 2.05. The molecule has 0 aliphatic carbocycles. The number of hydrogen-bond acceptors (Lipinski definition) is 3. The van der Waals surface area contributed by atoms with Gasteiger partial charge in [-0.05, 0) is 28.1 Å². The first-order valence-electron chi connectivity index (χ1n) is 4.82. The summed E-state index contributed by atoms with van der Waals surface area (Å²) in [6.45, 7) is 0. The molecule has 2 rings (SSSR count). The number of rotatable bonds is 2. The minimum Gasteiger partial charge on any atom is -0.421 e. The molecule has 5 heteroatoms. The fraction of sp³-hybridized carbons (Fsp3) is 0. The second kappa shape index (κ2) is 4.97. The standard InChI is InChI=1S/C12H8BrNO3/c13-9-7-14-11(15)6-10(9)17-12(16)8-4-2-1-3-5-8/h1-7H,(H,14,15). The van der Waals surface area contributed by atoms with Gasteiger partial charge in [-0.15, -0.1) is 0 Å². The van der Waals surface area contributed by atoms with E-state index < -0.39 is 5.97 Å². The molecule has 17 heavy (non-hydrogen) atoms. The summed E-state index contributed by atoms with van der Waals surface area (Å²) in [5, 5.41) is 0. The van der Waals surface area contributed by atoms with Crippen LogP contribution in [-0.2, 0) is 0 Å². The number of H-pyrrole nitrogens is 1. The van der Waals surface area contributed by atoms with Crippen LogP contribution in [0.5, 0.6) is 5.75 Å². The third kappa shape index (κ3) is 2.82. The highest BCUT2D eigenvalue weighted by Crippen LogP contribution is 2.22. The molecule has 4 nitrogen and oxygen atoms in total. The van der Waals surface area contributed by atoms with Crippen molar-refractivity contribution in [3.05, 3.63) is 63.0 Å². The molecule has 1 aromatic heterocycles. The van der Waals surface area contributed by atoms with Crippen LogP contribution in [0.2, 0.25) is 0 Å². The summed E-state index contributed by atoms with van der Waals surface area (Å²) in [5.41, 5.74) is 0.101. The molecule has 1 aromatic carbocycles. The van der Waals surface area contributed by atoms with Gasteiger partial charge in [-0.1, -0.05) is 18.2 Å². The van der Waals surface area contributed by atoms with Gasteiger partial charge in [0.1, 0.15) is 0 Å². The number of benzene rings is 1. The monoisotopic (exact) mass is 293 g/mol. The zero-order valence-corrected chi connectivity index (χ0v) is 10.2. The molecule has 0 spiro atoms. The highest BCUT2D eigenvalue weighted by Gasteiger charge is 2.10. The second-order valence-electron chi connectivity index (χ2n) is 3.26. The molecule has 2 aromatic rings. The zero-order chi connectivity index (χ0) is 12.3. The summed E-state index contributed by atoms with van der Waals surface area (Å²) in [6.07, 6.45) is 1.43. The number of pyridine rings is 1. The van der Waals surface area contributed by atoms with Crippen LogP contribution in [-0.4, -0.2) is 11.0 Å². The summed E-state index contributed by atoms with van der Waals surface area (Å²) < 4.78 is 5.62. The maximum atomic E-state index is 11.7. The predicted molar refractivity (Wildman–Crippen MR) is 66.2 cm³/mol. The van der Waals surface area contributed by atoms with E-state index in [0.29, 0.717) is 10.0 Å². The van der Waals surface area contributed by atoms with Gasteiger partial charge in [-0.25, -0.2) is 4.79 Å². The molecule has 86 valence electrons. The van der Waals surface area contributed by atoms with Crippen molar-refractivity contribution in [2.75, 3.05) is 0 Å². The van der Waals surface area contributed by atoms with E-state index >= 15 is 0 Å². The van der Waals surface area contributed by atoms with E-state index in [-0.39, 0.29) is 11.3 Å². The van der Waals surface area contributed by atoms with Crippen molar-refractivity contribution in [3.63, 3.8) is 0 Å². The van der Waals surface area contributed by atoms with Gasteiger partial charge in [-0.3, -0.25) is 4.79 Å². The largest absolute Gasteiger partial charge is 0.421 e. The van der Waals surface area contributed by atoms with Gasteiger partial charge in [-0.2, -0.15) is 0 Å². The number of nitrogens with one attached hydrogen (secondary N) is 1. The minimum atomic E-state index is -0.503. The lowest BCUT2D eigenvalue weighted by atomic mass is 10.2. The van der Waals surface area contributed by atoms with E-state index in [1.165, 1.54) is 12.3 Å². The molecule has 1 N–H and O–H groups in total. The van der Waals surface area contributed by atoms with Crippen molar-refractivity contribution in [2.24, 2.45) is 0 Å². The van der Waals surface area contributed by atoms with Gasteiger partial charge in [0.05, 0.1) is 10.0 Å². The molecule has 0 atom stereocenters. The first-order chi connectivity index (χ1) is 8.16. The summed E-state index contributed by atoms with van der Waals surface area (Å²) in [5.74, 6) is -0.306. The first kappa shape index (κ1) is 11.6. The first-order valence-corrected chi connectivity index (χ1v) is 5.61. The molecular weight excluding hydrogens is 286 g/mol. The molecule has 0 saturated carbocycles. The number of esters is 1. The Morgan fingerprint density at radius 2 is 1.94 bits per heavy atom. The van der Waals surface area contributed by atoms with Crippen LogP contribution >= 0.6 is 15.9 Å². The molecule has 0 bridgehead atoms. The van der Waals surface area contributed by atoms with Crippen molar-refractivity contribution in [3.8, 4) is 5.75 Å². The van der Waals surface area contributed by atoms with Gasteiger partial charge in [0.2, 0.25) is 0 Å². The highest BCUT2D eigenvalue weighted by molar-refractivity contribution is 9.10. The molecule has 1 heterocycles. The molecule has 0 unspecified atom stereocenters. The molecule has 0 radical (unpaired) electrons. The number of hydrogen-bond donors (Lipinski definition) is 1. The zero-order valence-electron chi connectivity index (χ0n) is 8.64. The van der Waals surface area contributed by atoms with Crippen LogP contribution in [0.1, 0.15) is 10.4 Å². The average Bonchev–Trinajstić information content (AvgIpc) is 2.35. The molecule has 0 saturated heterocycles. The lowest BCUT2D eigenvalue weighted by molar-refractivity contribution is 0.0733. The summed E-state index contributed by atoms with van der Waals surface area (Å²) in [6, 6.07) is 9.78. The Hall–Kier alpha value is -1.88. The lowest BCUT2D eigenvalue weighted by Crippen LogP contribution is -2.11. The van der Waals surface area contributed by atoms with Gasteiger partial charge in [0.15, 0.2) is 5.75 Å². The van der Waals surface area contributed by atoms with Crippen LogP contribution < -0.4 is 10.3 Å². The predicted octanol–water partition coefficient (Wildman–Crippen LogP) is 2.36. The Morgan fingerprint density at radius 3 is 2.65 bits per heavy atom. The van der Waals surface area contributed by atoms with E-state index in [1.54, 1.807) is 30.3 Å². The SMILES string of the molecule is O=C(Oc1cc(=O)[nH]cc1Br)c1ccccc1. The van der Waals surface area contributed by atoms with Crippen molar-refractivity contribution in [1.82, 2.24) is 4.98 Å². The number of aromatic amines is 1. The van der Waals surface area contributed by atoms with E-state index in [2.05, 4.69) is 20.9 Å². The van der Waals surface area contributed by atoms with Crippen LogP contribution in [0.25, 0.3) is 0 Å². The second-order valence-corrected chi connectivity index (χ2v) is 4.12. The molecule has 0 amide bonds. The van der Waals surface area contributed by atoms with Crippen LogP contribution in [0.4, 0.5) is 0 Å². The highest BCUT2D eigenvalue weighted by atomic mass is 79.9. The average molecular weight is 294 g/mol. The van der Waals surface area contributed by atoms with Crippen LogP contribution in [0.3, 0.4) is 0 Å². The third-order valence-corrected chi connectivity index (χ3v) is 2.67. The van der Waals surface area contributed by atoms with E-state index in [4.69, 9.17) is 4.74 Å². The van der Waals surface area contributed by atoms with Crippen molar-refractivity contribution in [1.29, 1.82) is 0 Å². The Labute approximate surface area is 105 Å². The van der Waals surface area contributed by atoms with E-state index in [9.17, 15) is 9.59 Å². The Morgan fingerprint density at radius 1 is 1.24 bits per heavy atom. The summed E-state index contributed by atoms with van der Waals surface area (Å²) in [7, 11) is 0. The normalized spacial score (nSPS) is 9.94. The number of halogens is 1. The maximum Gasteiger partial charge on any atom is 0.343 e. The van der Waals surface area contributed by atoms with Gasteiger partial charge in [0.25, 0.3) is 5.56 Å². The Balaban J connectivity index is 2.25. The summed E-state index contributed by atoms with van der Waals surface area (Å²) in [4.78, 5) is 25.3. The molecular formula is C12H8BrNO3. The van der Waals surface area contributed by atoms with Gasteiger partial charge < -0.3 is 9.72 Å². The summed E-state index contributed by atoms with van der Waals surface area (Å²) >= 11 is 3.18. The number of ether oxygens (including phenoxy) is 1. The van der Waals surface area contributed by atoms with Gasteiger partial charge >= 0.3 is 5.97 Å². The van der Waals surface area contributed by atoms with Crippen molar-refractivity contribution >= 4 is 21.9 Å².